The molecule has 9 amide bonds. The maximum absolute atomic E-state index is 14.2. The number of rotatable bonds is 25. The number of methoxy groups -OCH3 is 2. The number of aromatic nitrogens is 6. The summed E-state index contributed by atoms with van der Waals surface area (Å²) in [7, 11) is 2.71. The van der Waals surface area contributed by atoms with E-state index in [9.17, 15) is 72.5 Å². The number of nitrogens with zero attached hydrogens (tertiary/aromatic N) is 9. The molecular weight excluding hydrogens is 1840 g/mol. The zero-order valence-corrected chi connectivity index (χ0v) is 84.4. The summed E-state index contributed by atoms with van der Waals surface area (Å²) in [5.41, 5.74) is 10.3. The number of carbonyl (C=O) groups is 13. The fraction of sp³-hybridized carbons (Fsp3) is 0.728. The van der Waals surface area contributed by atoms with E-state index in [1.54, 1.807) is 56.8 Å². The second kappa shape index (κ2) is 51.8. The molecule has 15 N–H and O–H groups in total. The monoisotopic (exact) mass is 1980 g/mol. The van der Waals surface area contributed by atoms with Crippen molar-refractivity contribution in [2.75, 3.05) is 68.4 Å². The molecule has 134 heavy (non-hydrogen) atoms. The summed E-state index contributed by atoms with van der Waals surface area (Å²) in [5, 5.41) is 45.2. The third-order valence-corrected chi connectivity index (χ3v) is 35.7. The van der Waals surface area contributed by atoms with Gasteiger partial charge in [-0.2, -0.15) is 0 Å². The summed E-state index contributed by atoms with van der Waals surface area (Å²) < 4.78 is 9.38. The first-order valence-electron chi connectivity index (χ1n) is 46.8. The van der Waals surface area contributed by atoms with E-state index in [4.69, 9.17) is 26.0 Å². The second-order valence-electron chi connectivity index (χ2n) is 39.1. The molecule has 10 aliphatic rings. The van der Waals surface area contributed by atoms with Crippen LogP contribution in [0.3, 0.4) is 0 Å². The Balaban J connectivity index is 0.000000221. The number of aliphatic hydroxyl groups excluding tert-OH is 1. The third-order valence-electron chi connectivity index (χ3n) is 25.6. The smallest absolute Gasteiger partial charge is 0.356 e. The van der Waals surface area contributed by atoms with Crippen molar-refractivity contribution < 1.29 is 92.6 Å². The molecule has 3 aromatic heterocycles. The molecule has 4 saturated carbocycles. The van der Waals surface area contributed by atoms with Crippen LogP contribution in [-0.4, -0.2) is 296 Å². The van der Waals surface area contributed by atoms with E-state index in [0.717, 1.165) is 163 Å². The summed E-state index contributed by atoms with van der Waals surface area (Å²) in [5.74, 6) is -0.291. The molecule has 3 spiro atoms. The number of aliphatic carboxylic acids is 1. The molecule has 4 aliphatic carbocycles. The molecule has 11 atom stereocenters. The fourth-order valence-corrected chi connectivity index (χ4v) is 28.1. The number of nitrogens with one attached hydrogen (secondary N) is 6. The summed E-state index contributed by atoms with van der Waals surface area (Å²) in [6, 6.07) is -7.31. The molecule has 1 unspecified atom stereocenters. The lowest BCUT2D eigenvalue weighted by atomic mass is 9.82. The first kappa shape index (κ1) is 112. The normalized spacial score (nSPS) is 22.4. The largest absolute Gasteiger partial charge is 0.480 e. The van der Waals surface area contributed by atoms with Crippen molar-refractivity contribution in [1.82, 2.24) is 76.5 Å². The van der Waals surface area contributed by atoms with E-state index in [0.29, 0.717) is 45.3 Å². The molecule has 0 bridgehead atoms. The van der Waals surface area contributed by atoms with Gasteiger partial charge >= 0.3 is 23.9 Å². The maximum Gasteiger partial charge on any atom is 0.356 e. The minimum absolute atomic E-state index is 0. The van der Waals surface area contributed by atoms with Crippen LogP contribution in [0.15, 0.2) is 55.8 Å². The number of ether oxygens (including phenoxy) is 2. The summed E-state index contributed by atoms with van der Waals surface area (Å²) >= 11 is 10.8. The molecule has 36 nitrogen and oxygen atoms in total. The van der Waals surface area contributed by atoms with Gasteiger partial charge < -0.3 is 88.3 Å². The predicted octanol–water partition coefficient (Wildman–Crippen LogP) is 7.83. The number of carbonyl (C=O) groups excluding carboxylic acids is 11. The van der Waals surface area contributed by atoms with Crippen molar-refractivity contribution in [2.45, 2.75) is 315 Å². The van der Waals surface area contributed by atoms with Crippen molar-refractivity contribution >= 4 is 148 Å². The van der Waals surface area contributed by atoms with Crippen LogP contribution in [0.25, 0.3) is 0 Å². The Labute approximate surface area is 812 Å². The molecule has 6 saturated heterocycles. The third kappa shape index (κ3) is 31.7. The molecule has 3 aromatic rings. The number of carboxylic acids is 2. The highest BCUT2D eigenvalue weighted by molar-refractivity contribution is 8.19. The fourth-order valence-electron chi connectivity index (χ4n) is 18.1. The van der Waals surface area contributed by atoms with E-state index >= 15 is 0 Å². The van der Waals surface area contributed by atoms with E-state index in [-0.39, 0.29) is 88.2 Å². The van der Waals surface area contributed by atoms with Crippen molar-refractivity contribution in [3.63, 3.8) is 0 Å². The number of likely N-dealkylation sites (tertiary alicyclic amines) is 3. The highest BCUT2D eigenvalue weighted by Crippen LogP contribution is 2.54. The summed E-state index contributed by atoms with van der Waals surface area (Å²) in [6.07, 6.45) is 34.3. The Bertz CT molecular complexity index is 4370. The van der Waals surface area contributed by atoms with Crippen LogP contribution in [0, 0.1) is 34.0 Å². The van der Waals surface area contributed by atoms with Gasteiger partial charge in [-0.05, 0) is 146 Å². The quantitative estimate of drug-likeness (QED) is 0.0360. The molecule has 746 valence electrons. The van der Waals surface area contributed by atoms with Crippen LogP contribution in [0.4, 0.5) is 0 Å². The van der Waals surface area contributed by atoms with E-state index in [2.05, 4.69) is 61.8 Å². The first-order valence-corrected chi connectivity index (χ1v) is 52.7. The molecule has 13 rings (SSSR count). The van der Waals surface area contributed by atoms with Crippen LogP contribution < -0.4 is 43.4 Å². The number of nitrogens with two attached hydrogens (primary N) is 2. The Morgan fingerprint density at radius 1 is 0.440 bits per heavy atom. The average Bonchev–Trinajstić information content (AvgIpc) is 1.62. The number of esters is 2. The first-order chi connectivity index (χ1) is 63.1. The van der Waals surface area contributed by atoms with Gasteiger partial charge in [0.25, 0.3) is 17.7 Å². The van der Waals surface area contributed by atoms with Gasteiger partial charge in [-0.25, -0.2) is 34.1 Å². The van der Waals surface area contributed by atoms with Gasteiger partial charge in [0.15, 0.2) is 5.69 Å². The van der Waals surface area contributed by atoms with Crippen LogP contribution in [0.2, 0.25) is 0 Å². The number of amides is 9. The Kier molecular flexibility index (Phi) is 43.1. The number of hydrogen-bond donors (Lipinski definition) is 11. The van der Waals surface area contributed by atoms with Gasteiger partial charge in [0, 0.05) is 88.2 Å². The van der Waals surface area contributed by atoms with Crippen LogP contribution in [0.5, 0.6) is 0 Å². The number of aromatic carboxylic acids is 1. The summed E-state index contributed by atoms with van der Waals surface area (Å²) in [6.45, 7) is 20.3. The highest BCUT2D eigenvalue weighted by atomic mass is 32.2. The molecule has 0 radical (unpaired) electrons. The van der Waals surface area contributed by atoms with Gasteiger partial charge in [-0.1, -0.05) is 133 Å². The van der Waals surface area contributed by atoms with Gasteiger partial charge in [0.1, 0.15) is 65.8 Å². The van der Waals surface area contributed by atoms with Gasteiger partial charge in [-0.15, -0.1) is 70.6 Å². The molecule has 10 fully saturated rings. The van der Waals surface area contributed by atoms with Crippen LogP contribution in [0.1, 0.15) is 261 Å². The van der Waals surface area contributed by atoms with Crippen molar-refractivity contribution in [3.05, 3.63) is 72.9 Å². The number of carboxylic acid groups (broad SMARTS) is 2. The SMILES string of the molecule is CC(C)(C)[C@H](NC(=O)[C@@H](NC(=O)c1cnccn1)C1CCCCC1)C(=O)N1CC2(C[C@H]1C(=O)O)SCCCS2.CCC[C@H](N)C(O)C(=O)NC1CC1.COC(=O)[C@@H]1CC2(CN1C(=O)[C@@H](NC(=O)[C@@H](N)C1CCCCC1)C(C)(C)C)SCCCS2.COC(=O)[C@@H]1CC2(CN1C(=O)[C@@H](NC(=O)[C@@H](NC(=O)c1cnccn1)C1CCCCC1)C(C)(C)C)SCCCS2.O.O=C(O)c1cnccn1. The lowest BCUT2D eigenvalue weighted by molar-refractivity contribution is -0.153. The zero-order valence-electron chi connectivity index (χ0n) is 79.5. The van der Waals surface area contributed by atoms with Crippen molar-refractivity contribution in [1.29, 1.82) is 0 Å². The van der Waals surface area contributed by atoms with Crippen molar-refractivity contribution in [2.24, 2.45) is 45.5 Å². The number of aliphatic hydroxyl groups is 1. The van der Waals surface area contributed by atoms with E-state index in [1.807, 2.05) is 92.8 Å². The lowest BCUT2D eigenvalue weighted by Gasteiger charge is -2.38. The summed E-state index contributed by atoms with van der Waals surface area (Å²) in [4.78, 5) is 196. The molecule has 0 aromatic carbocycles. The molecule has 42 heteroatoms. The van der Waals surface area contributed by atoms with Crippen LogP contribution in [-0.2, 0) is 57.4 Å². The Morgan fingerprint density at radius 3 is 1.05 bits per heavy atom. The second-order valence-corrected chi connectivity index (χ2v) is 48.8. The minimum Gasteiger partial charge on any atom is -0.480 e. The Hall–Kier alpha value is -7.71. The molecule has 6 aliphatic heterocycles. The van der Waals surface area contributed by atoms with Crippen molar-refractivity contribution in [3.8, 4) is 0 Å². The maximum atomic E-state index is 14.2. The Morgan fingerprint density at radius 2 is 0.761 bits per heavy atom. The van der Waals surface area contributed by atoms with E-state index in [1.165, 1.54) is 81.3 Å². The van der Waals surface area contributed by atoms with Gasteiger partial charge in [0.05, 0.1) is 51.1 Å². The molecular formula is C92H143N17O19S6. The highest BCUT2D eigenvalue weighted by Gasteiger charge is 2.57. The standard InChI is InChI=1S/C28H41N5O5S2.C27H39N5O5S2.C23H39N3O4S2.C9H18N2O2.C5H4N2O2.H2O/c1-27(2,3)22(25(36)33-17-28(39-13-8-14-40-28)15-20(33)26(37)38-4)32-24(35)21(18-9-6-5-7-10-18)31-23(34)19-16-29-11-12-30-19;1-26(2,3)21(24(35)32-16-27(14-19(32)25(36)37)38-12-7-13-39-27)31-23(34)20(17-8-5-4-6-9-17)30-22(33)18-15-28-10-11-29-18;1-22(2,3)18(25-19(27)17(24)15-9-6-5-7-10-15)20(28)26-14-23(31-11-8-12-32-23)13-16(26)21(29)30-4;1-2-3-7(10)8(12)9(13)11-6-4-5-6;8-5(9)4-3-6-1-2-7-4;/h11-12,16,18,20-22H,5-10,13-15,17H2,1-4H3,(H,31,34)(H,32,35);10-11,15,17,19-21H,4-9,12-14,16H2,1-3H3,(H,30,33)(H,31,34)(H,36,37);15-18H,5-14,24H2,1-4H3,(H,25,27);6-8,12H,2-5,10H2,1H3,(H,11,13);1-3H,(H,8,9);1H2/t20-,21-,22+;19-,20-,21+;16-,17-,18+;7-,8?;;/m0000../s1. The van der Waals surface area contributed by atoms with Crippen LogP contribution >= 0.6 is 70.6 Å². The van der Waals surface area contributed by atoms with Gasteiger partial charge in [-0.3, -0.25) is 58.1 Å². The minimum atomic E-state index is -1.05. The number of thioether (sulfide) groups is 6. The number of hydrogen-bond acceptors (Lipinski definition) is 30. The van der Waals surface area contributed by atoms with E-state index < -0.39 is 130 Å². The topological polar surface area (TPSA) is 544 Å². The predicted molar refractivity (Wildman–Crippen MR) is 520 cm³/mol. The lowest BCUT2D eigenvalue weighted by Crippen LogP contribution is -2.61. The average molecular weight is 1980 g/mol. The zero-order chi connectivity index (χ0) is 97.2. The molecule has 9 heterocycles. The van der Waals surface area contributed by atoms with Gasteiger partial charge in [0.2, 0.25) is 35.4 Å².